The van der Waals surface area contributed by atoms with E-state index in [1.54, 1.807) is 0 Å². The van der Waals surface area contributed by atoms with Crippen LogP contribution in [0.25, 0.3) is 0 Å². The number of halogens is 9. The van der Waals surface area contributed by atoms with Gasteiger partial charge < -0.3 is 0 Å². The summed E-state index contributed by atoms with van der Waals surface area (Å²) in [4.78, 5) is 0. The van der Waals surface area contributed by atoms with Gasteiger partial charge in [0.2, 0.25) is 0 Å². The van der Waals surface area contributed by atoms with E-state index >= 15 is 0 Å². The normalized spacial score (nSPS) is 26.6. The van der Waals surface area contributed by atoms with Crippen LogP contribution in [0.4, 0.5) is 39.5 Å². The zero-order chi connectivity index (χ0) is 22.8. The summed E-state index contributed by atoms with van der Waals surface area (Å²) in [5.41, 5.74) is 0. The molecule has 9 heteroatoms. The second kappa shape index (κ2) is 9.47. The highest BCUT2D eigenvalue weighted by atomic mass is 19.4. The molecule has 2 rings (SSSR count). The summed E-state index contributed by atoms with van der Waals surface area (Å²) < 4.78 is 118. The van der Waals surface area contributed by atoms with Gasteiger partial charge in [-0.05, 0) is 37.0 Å². The van der Waals surface area contributed by atoms with Crippen LogP contribution in [-0.2, 0) is 0 Å². The maximum Gasteiger partial charge on any atom is 0.460 e. The summed E-state index contributed by atoms with van der Waals surface area (Å²) >= 11 is 0. The average Bonchev–Trinajstić information content (AvgIpc) is 2.68. The molecule has 0 spiro atoms. The van der Waals surface area contributed by atoms with Crippen molar-refractivity contribution in [3.8, 4) is 0 Å². The highest BCUT2D eigenvalue weighted by molar-refractivity contribution is 5.02. The lowest BCUT2D eigenvalue weighted by Crippen LogP contribution is -2.62. The second-order valence-electron chi connectivity index (χ2n) is 9.28. The van der Waals surface area contributed by atoms with Crippen LogP contribution < -0.4 is 0 Å². The van der Waals surface area contributed by atoms with E-state index in [0.29, 0.717) is 19.3 Å². The monoisotopic (exact) mass is 454 g/mol. The standard InChI is InChI=1S/C21H31F9/c1-14(18(22,23)19(24,25)20(26,27)21(28,29)30)6-5-7-15-10-12-17(13-11-15)16-8-3-2-4-9-16/h14-17H,2-13H2,1H3/t14?,15-,17-. The SMILES string of the molecule is CC(CCC[C@H]1CC[C@H](C2CCCCC2)CC1)C(F)(F)C(F)(F)C(F)(F)C(F)(F)F. The predicted molar refractivity (Wildman–Crippen MR) is 95.9 cm³/mol. The van der Waals surface area contributed by atoms with E-state index < -0.39 is 36.3 Å². The molecule has 2 aliphatic rings. The molecule has 178 valence electrons. The molecule has 0 aliphatic heterocycles. The Bertz CT molecular complexity index is 527. The van der Waals surface area contributed by atoms with Gasteiger partial charge in [0.1, 0.15) is 0 Å². The van der Waals surface area contributed by atoms with E-state index in [4.69, 9.17) is 0 Å². The quantitative estimate of drug-likeness (QED) is 0.322. The third kappa shape index (κ3) is 5.22. The molecule has 0 bridgehead atoms. The van der Waals surface area contributed by atoms with Crippen molar-refractivity contribution >= 4 is 0 Å². The van der Waals surface area contributed by atoms with Crippen molar-refractivity contribution < 1.29 is 39.5 Å². The van der Waals surface area contributed by atoms with Crippen LogP contribution in [0.1, 0.15) is 84.0 Å². The highest BCUT2D eigenvalue weighted by Gasteiger charge is 2.82. The third-order valence-electron chi connectivity index (χ3n) is 7.25. The maximum absolute atomic E-state index is 13.9. The van der Waals surface area contributed by atoms with E-state index in [1.165, 1.54) is 32.1 Å². The zero-order valence-electron chi connectivity index (χ0n) is 17.2. The molecule has 0 amide bonds. The van der Waals surface area contributed by atoms with Gasteiger partial charge in [0.05, 0.1) is 0 Å². The first-order valence-electron chi connectivity index (χ1n) is 10.9. The first-order valence-corrected chi connectivity index (χ1v) is 10.9. The Balaban J connectivity index is 1.81. The lowest BCUT2D eigenvalue weighted by Gasteiger charge is -2.37. The van der Waals surface area contributed by atoms with Gasteiger partial charge in [0, 0.05) is 5.92 Å². The highest BCUT2D eigenvalue weighted by Crippen LogP contribution is 2.55. The smallest absolute Gasteiger partial charge is 0.199 e. The van der Waals surface area contributed by atoms with Crippen LogP contribution in [0.5, 0.6) is 0 Å². The molecule has 0 saturated heterocycles. The van der Waals surface area contributed by atoms with Crippen molar-refractivity contribution in [2.45, 2.75) is 108 Å². The number of hydrogen-bond donors (Lipinski definition) is 0. The number of rotatable bonds is 8. The van der Waals surface area contributed by atoms with Crippen molar-refractivity contribution in [2.24, 2.45) is 23.7 Å². The van der Waals surface area contributed by atoms with Crippen LogP contribution in [0.2, 0.25) is 0 Å². The lowest BCUT2D eigenvalue weighted by atomic mass is 9.70. The Morgan fingerprint density at radius 2 is 1.17 bits per heavy atom. The van der Waals surface area contributed by atoms with Gasteiger partial charge in [-0.1, -0.05) is 64.7 Å². The summed E-state index contributed by atoms with van der Waals surface area (Å²) in [5, 5.41) is 0. The van der Waals surface area contributed by atoms with Gasteiger partial charge in [-0.25, -0.2) is 0 Å². The van der Waals surface area contributed by atoms with E-state index in [9.17, 15) is 39.5 Å². The summed E-state index contributed by atoms with van der Waals surface area (Å²) in [7, 11) is 0. The molecule has 1 unspecified atom stereocenters. The van der Waals surface area contributed by atoms with Gasteiger partial charge in [0.25, 0.3) is 0 Å². The van der Waals surface area contributed by atoms with E-state index in [0.717, 1.165) is 31.6 Å². The van der Waals surface area contributed by atoms with Crippen LogP contribution in [0, 0.1) is 23.7 Å². The Labute approximate surface area is 172 Å². The van der Waals surface area contributed by atoms with E-state index in [-0.39, 0.29) is 12.3 Å². The zero-order valence-corrected chi connectivity index (χ0v) is 17.2. The number of hydrogen-bond acceptors (Lipinski definition) is 0. The van der Waals surface area contributed by atoms with Crippen LogP contribution in [-0.4, -0.2) is 23.9 Å². The summed E-state index contributed by atoms with van der Waals surface area (Å²) in [5.74, 6) is -19.4. The Morgan fingerprint density at radius 3 is 1.67 bits per heavy atom. The molecular weight excluding hydrogens is 423 g/mol. The maximum atomic E-state index is 13.9. The van der Waals surface area contributed by atoms with Crippen molar-refractivity contribution in [2.75, 3.05) is 0 Å². The van der Waals surface area contributed by atoms with Crippen molar-refractivity contribution in [1.29, 1.82) is 0 Å². The Morgan fingerprint density at radius 1 is 0.667 bits per heavy atom. The minimum Gasteiger partial charge on any atom is -0.199 e. The fourth-order valence-electron chi connectivity index (χ4n) is 5.14. The van der Waals surface area contributed by atoms with E-state index in [2.05, 4.69) is 0 Å². The van der Waals surface area contributed by atoms with Crippen molar-refractivity contribution in [3.05, 3.63) is 0 Å². The summed E-state index contributed by atoms with van der Waals surface area (Å²) in [6.45, 7) is 0.611. The second-order valence-corrected chi connectivity index (χ2v) is 9.28. The van der Waals surface area contributed by atoms with Crippen molar-refractivity contribution in [3.63, 3.8) is 0 Å². The molecule has 0 radical (unpaired) electrons. The average molecular weight is 454 g/mol. The molecule has 2 aliphatic carbocycles. The van der Waals surface area contributed by atoms with Gasteiger partial charge in [-0.2, -0.15) is 39.5 Å². The van der Waals surface area contributed by atoms with Gasteiger partial charge >= 0.3 is 23.9 Å². The molecule has 0 aromatic heterocycles. The fraction of sp³-hybridized carbons (Fsp3) is 1.00. The Kier molecular flexibility index (Phi) is 8.09. The summed E-state index contributed by atoms with van der Waals surface area (Å²) in [6.07, 6.45) is 3.57. The first-order chi connectivity index (χ1) is 13.7. The van der Waals surface area contributed by atoms with Crippen LogP contribution in [0.3, 0.4) is 0 Å². The molecular formula is C21H31F9. The minimum atomic E-state index is -6.80. The van der Waals surface area contributed by atoms with Gasteiger partial charge in [-0.15, -0.1) is 0 Å². The molecule has 30 heavy (non-hydrogen) atoms. The molecule has 2 fully saturated rings. The van der Waals surface area contributed by atoms with Gasteiger partial charge in [-0.3, -0.25) is 0 Å². The van der Waals surface area contributed by atoms with Crippen LogP contribution in [0.15, 0.2) is 0 Å². The number of alkyl halides is 9. The minimum absolute atomic E-state index is 0.100. The Hall–Kier alpha value is -0.630. The largest absolute Gasteiger partial charge is 0.460 e. The molecule has 0 heterocycles. The topological polar surface area (TPSA) is 0 Å². The molecule has 2 saturated carbocycles. The summed E-state index contributed by atoms with van der Waals surface area (Å²) in [6, 6.07) is 0. The third-order valence-corrected chi connectivity index (χ3v) is 7.25. The lowest BCUT2D eigenvalue weighted by molar-refractivity contribution is -0.402. The van der Waals surface area contributed by atoms with E-state index in [1.807, 2.05) is 0 Å². The van der Waals surface area contributed by atoms with Crippen LogP contribution >= 0.6 is 0 Å². The van der Waals surface area contributed by atoms with Crippen molar-refractivity contribution in [1.82, 2.24) is 0 Å². The molecule has 0 aromatic carbocycles. The molecule has 0 aromatic rings. The molecule has 0 nitrogen and oxygen atoms in total. The fourth-order valence-corrected chi connectivity index (χ4v) is 5.14. The first kappa shape index (κ1) is 25.6. The molecule has 1 atom stereocenters. The predicted octanol–water partition coefficient (Wildman–Crippen LogP) is 8.65. The molecule has 0 N–H and O–H groups in total. The van der Waals surface area contributed by atoms with Gasteiger partial charge in [0.15, 0.2) is 0 Å².